The minimum absolute atomic E-state index is 0. The lowest BCUT2D eigenvalue weighted by Gasteiger charge is -1.12. The van der Waals surface area contributed by atoms with Crippen molar-refractivity contribution in [2.24, 2.45) is 0 Å². The molecule has 0 aromatic heterocycles. The molecule has 0 rings (SSSR count). The van der Waals surface area contributed by atoms with E-state index in [2.05, 4.69) is 17.9 Å². The number of rotatable bonds is 0. The second-order valence-corrected chi connectivity index (χ2v) is 0.0833. The average Bonchev–Trinajstić information content (AvgIpc) is 1.46. The van der Waals surface area contributed by atoms with Crippen LogP contribution in [0.2, 0.25) is 0 Å². The van der Waals surface area contributed by atoms with E-state index in [0.717, 1.165) is 0 Å². The summed E-state index contributed by atoms with van der Waals surface area (Å²) in [6.45, 7) is 0. The van der Waals surface area contributed by atoms with Crippen molar-refractivity contribution < 1.29 is 9.59 Å². The molecule has 0 aromatic rings. The summed E-state index contributed by atoms with van der Waals surface area (Å²) in [5.74, 6) is 0. The highest BCUT2D eigenvalue weighted by Crippen LogP contribution is 1.86. The van der Waals surface area contributed by atoms with Crippen LogP contribution in [-0.4, -0.2) is 6.15 Å². The van der Waals surface area contributed by atoms with Crippen LogP contribution >= 0.6 is 17.9 Å². The number of carbonyl (C=O) groups excluding carboxylic acids is 2. The molecular formula is C12H48O2P2. The number of hydrogen-bond donors (Lipinski definition) is 0. The maximum Gasteiger partial charge on any atom is 0.373 e. The molecule has 0 heterocycles. The fourth-order valence-corrected chi connectivity index (χ4v) is 0. The van der Waals surface area contributed by atoms with Crippen molar-refractivity contribution in [3.63, 3.8) is 0 Å². The molecule has 0 saturated heterocycles. The summed E-state index contributed by atoms with van der Waals surface area (Å²) >= 11 is 0. The SMILES string of the molecule is C.C.C.C.C.C.C.C.C.C.C.O=C=O.PP. The Bertz CT molecular complexity index is 38.0. The van der Waals surface area contributed by atoms with Crippen molar-refractivity contribution in [1.82, 2.24) is 0 Å². The highest BCUT2D eigenvalue weighted by atomic mass is 32.0. The molecule has 16 heavy (non-hydrogen) atoms. The van der Waals surface area contributed by atoms with E-state index in [0.29, 0.717) is 0 Å². The molecule has 0 saturated carbocycles. The molecule has 0 fully saturated rings. The minimum Gasteiger partial charge on any atom is -0.186 e. The van der Waals surface area contributed by atoms with Gasteiger partial charge in [-0.05, 0) is 0 Å². The zero-order chi connectivity index (χ0) is 4.71. The van der Waals surface area contributed by atoms with Crippen molar-refractivity contribution in [2.45, 2.75) is 81.7 Å². The van der Waals surface area contributed by atoms with Gasteiger partial charge in [-0.3, -0.25) is 0 Å². The van der Waals surface area contributed by atoms with Crippen LogP contribution in [0.1, 0.15) is 81.7 Å². The van der Waals surface area contributed by atoms with Gasteiger partial charge in [0.2, 0.25) is 0 Å². The van der Waals surface area contributed by atoms with Crippen molar-refractivity contribution >= 4 is 24.0 Å². The largest absolute Gasteiger partial charge is 0.373 e. The summed E-state index contributed by atoms with van der Waals surface area (Å²) in [6.07, 6.45) is 0.250. The Morgan fingerprint density at radius 3 is 0.438 bits per heavy atom. The summed E-state index contributed by atoms with van der Waals surface area (Å²) in [5.41, 5.74) is 0. The first-order chi connectivity index (χ1) is 2.41. The molecule has 0 bridgehead atoms. The molecule has 0 radical (unpaired) electrons. The van der Waals surface area contributed by atoms with Crippen LogP contribution in [0.3, 0.4) is 0 Å². The fraction of sp³-hybridized carbons (Fsp3) is 0.917. The molecule has 4 heteroatoms. The van der Waals surface area contributed by atoms with Gasteiger partial charge in [0.25, 0.3) is 0 Å². The quantitative estimate of drug-likeness (QED) is 0.446. The molecule has 2 nitrogen and oxygen atoms in total. The zero-order valence-electron chi connectivity index (χ0n) is 2.47. The van der Waals surface area contributed by atoms with E-state index in [1.165, 1.54) is 0 Å². The van der Waals surface area contributed by atoms with Crippen molar-refractivity contribution in [3.05, 3.63) is 0 Å². The van der Waals surface area contributed by atoms with E-state index in [-0.39, 0.29) is 87.8 Å². The van der Waals surface area contributed by atoms with Gasteiger partial charge < -0.3 is 0 Å². The van der Waals surface area contributed by atoms with E-state index < -0.39 is 0 Å². The molecule has 0 aliphatic carbocycles. The zero-order valence-corrected chi connectivity index (χ0v) is 4.78. The van der Waals surface area contributed by atoms with E-state index in [9.17, 15) is 0 Å². The van der Waals surface area contributed by atoms with Gasteiger partial charge in [0.15, 0.2) is 0 Å². The van der Waals surface area contributed by atoms with Crippen LogP contribution in [-0.2, 0) is 9.59 Å². The predicted molar refractivity (Wildman–Crippen MR) is 98.5 cm³/mol. The Kier molecular flexibility index (Phi) is 45100. The predicted octanol–water partition coefficient (Wildman–Crippen LogP) is 7.07. The van der Waals surface area contributed by atoms with Crippen molar-refractivity contribution in [2.75, 3.05) is 0 Å². The van der Waals surface area contributed by atoms with E-state index in [1.54, 1.807) is 0 Å². The van der Waals surface area contributed by atoms with Crippen molar-refractivity contribution in [1.29, 1.82) is 0 Å². The smallest absolute Gasteiger partial charge is 0.186 e. The lowest BCUT2D eigenvalue weighted by molar-refractivity contribution is -0.191. The fourth-order valence-electron chi connectivity index (χ4n) is 0. The third-order valence-corrected chi connectivity index (χ3v) is 0. The van der Waals surface area contributed by atoms with Gasteiger partial charge in [-0.2, -0.15) is 9.59 Å². The second kappa shape index (κ2) is 2010. The summed E-state index contributed by atoms with van der Waals surface area (Å²) in [6, 6.07) is 0. The van der Waals surface area contributed by atoms with Crippen LogP contribution < -0.4 is 0 Å². The molecule has 0 aliphatic rings. The Hall–Kier alpha value is 0.240. The first kappa shape index (κ1) is 359. The van der Waals surface area contributed by atoms with E-state index in [1.807, 2.05) is 0 Å². The normalized spacial score (nSPS) is 0.875. The van der Waals surface area contributed by atoms with Crippen molar-refractivity contribution in [3.8, 4) is 0 Å². The van der Waals surface area contributed by atoms with Gasteiger partial charge in [0.05, 0.1) is 0 Å². The van der Waals surface area contributed by atoms with Gasteiger partial charge in [-0.1, -0.05) is 81.7 Å². The van der Waals surface area contributed by atoms with E-state index >= 15 is 0 Å². The summed E-state index contributed by atoms with van der Waals surface area (Å²) in [7, 11) is 4.67. The van der Waals surface area contributed by atoms with Crippen LogP contribution in [0.4, 0.5) is 0 Å². The molecule has 2 atom stereocenters. The molecule has 2 unspecified atom stereocenters. The minimum atomic E-state index is 0. The average molecular weight is 286 g/mol. The third-order valence-electron chi connectivity index (χ3n) is 0. The highest BCUT2D eigenvalue weighted by Gasteiger charge is 1.13. The second-order valence-electron chi connectivity index (χ2n) is 0.0833. The Morgan fingerprint density at radius 1 is 0.438 bits per heavy atom. The Balaban J connectivity index is -0.000000000614. The van der Waals surface area contributed by atoms with Gasteiger partial charge in [0, 0.05) is 0 Å². The van der Waals surface area contributed by atoms with Gasteiger partial charge in [-0.25, -0.2) is 0 Å². The first-order valence-electron chi connectivity index (χ1n) is 0.742. The number of hydrogen-bond acceptors (Lipinski definition) is 2. The summed E-state index contributed by atoms with van der Waals surface area (Å²) in [4.78, 5) is 16.2. The Labute approximate surface area is 116 Å². The van der Waals surface area contributed by atoms with Crippen LogP contribution in [0.15, 0.2) is 0 Å². The van der Waals surface area contributed by atoms with Crippen LogP contribution in [0, 0.1) is 0 Å². The molecule has 0 N–H and O–H groups in total. The summed E-state index contributed by atoms with van der Waals surface area (Å²) in [5, 5.41) is 0. The highest BCUT2D eigenvalue weighted by molar-refractivity contribution is 7.92. The lowest BCUT2D eigenvalue weighted by Crippen LogP contribution is -1.22. The molecular weight excluding hydrogens is 238 g/mol. The Morgan fingerprint density at radius 2 is 0.438 bits per heavy atom. The molecule has 0 spiro atoms. The topological polar surface area (TPSA) is 34.1 Å². The van der Waals surface area contributed by atoms with Crippen LogP contribution in [0.5, 0.6) is 0 Å². The molecule has 118 valence electrons. The van der Waals surface area contributed by atoms with Gasteiger partial charge in [0.1, 0.15) is 0 Å². The molecule has 0 amide bonds. The maximum absolute atomic E-state index is 8.12. The monoisotopic (exact) mass is 286 g/mol. The lowest BCUT2D eigenvalue weighted by atomic mass is 11.8. The van der Waals surface area contributed by atoms with Crippen LogP contribution in [0.25, 0.3) is 0 Å². The third kappa shape index (κ3) is 43300. The maximum atomic E-state index is 8.12. The van der Waals surface area contributed by atoms with Gasteiger partial charge >= 0.3 is 6.15 Å². The van der Waals surface area contributed by atoms with E-state index in [4.69, 9.17) is 9.59 Å². The first-order valence-corrected chi connectivity index (χ1v) is 3.41. The van der Waals surface area contributed by atoms with Gasteiger partial charge in [-0.15, -0.1) is 17.9 Å². The standard InChI is InChI=1S/CO2.11CH4.H4P2/c2-1-3;;;;;;;;;;;;1-2/h;11*1H4;1-2H2. The molecule has 0 aromatic carbocycles. The molecule has 0 aliphatic heterocycles. The summed E-state index contributed by atoms with van der Waals surface area (Å²) < 4.78 is 0.